The van der Waals surface area contributed by atoms with Crippen molar-refractivity contribution in [2.75, 3.05) is 13.7 Å². The summed E-state index contributed by atoms with van der Waals surface area (Å²) in [4.78, 5) is 26.9. The summed E-state index contributed by atoms with van der Waals surface area (Å²) >= 11 is 0. The maximum absolute atomic E-state index is 13.2. The topological polar surface area (TPSA) is 58.6 Å². The summed E-state index contributed by atoms with van der Waals surface area (Å²) in [5.74, 6) is -0.238. The van der Waals surface area contributed by atoms with Gasteiger partial charge in [0.2, 0.25) is 5.91 Å². The van der Waals surface area contributed by atoms with Crippen LogP contribution < -0.4 is 10.1 Å². The van der Waals surface area contributed by atoms with E-state index in [1.807, 2.05) is 33.8 Å². The van der Waals surface area contributed by atoms with Crippen molar-refractivity contribution in [2.45, 2.75) is 46.7 Å². The Hall–Kier alpha value is -2.89. The summed E-state index contributed by atoms with van der Waals surface area (Å²) in [6.07, 6.45) is 0.454. The Balaban J connectivity index is 2.23. The summed E-state index contributed by atoms with van der Waals surface area (Å²) in [6, 6.07) is 9.23. The third-order valence-electron chi connectivity index (χ3n) is 5.01. The van der Waals surface area contributed by atoms with Gasteiger partial charge in [-0.25, -0.2) is 4.39 Å². The van der Waals surface area contributed by atoms with E-state index in [-0.39, 0.29) is 30.8 Å². The molecule has 1 atom stereocenters. The standard InChI is InChI=1S/C23H29FN2O3/c1-6-20(23(28)25-5)26(13-18-7-9-19(24)10-8-18)22(27)14-29-21-12-15(2)11-16(3)17(21)4/h7-12,20H,6,13-14H2,1-5H3,(H,25,28)/t20-/m0/s1. The van der Waals surface area contributed by atoms with Crippen LogP contribution in [0.1, 0.15) is 35.6 Å². The zero-order valence-corrected chi connectivity index (χ0v) is 17.7. The van der Waals surface area contributed by atoms with Crippen LogP contribution in [0, 0.1) is 26.6 Å². The number of carbonyl (C=O) groups is 2. The first-order chi connectivity index (χ1) is 13.8. The van der Waals surface area contributed by atoms with Crippen molar-refractivity contribution in [2.24, 2.45) is 0 Å². The molecule has 2 aromatic rings. The zero-order valence-electron chi connectivity index (χ0n) is 17.7. The first-order valence-electron chi connectivity index (χ1n) is 9.73. The molecule has 0 bridgehead atoms. The second kappa shape index (κ2) is 10.0. The SMILES string of the molecule is CC[C@@H](C(=O)NC)N(Cc1ccc(F)cc1)C(=O)COc1cc(C)cc(C)c1C. The largest absolute Gasteiger partial charge is 0.483 e. The van der Waals surface area contributed by atoms with Gasteiger partial charge in [0, 0.05) is 13.6 Å². The highest BCUT2D eigenvalue weighted by Gasteiger charge is 2.28. The Morgan fingerprint density at radius 2 is 1.79 bits per heavy atom. The van der Waals surface area contributed by atoms with Gasteiger partial charge in [0.1, 0.15) is 17.6 Å². The number of hydrogen-bond donors (Lipinski definition) is 1. The number of rotatable bonds is 8. The highest BCUT2D eigenvalue weighted by atomic mass is 19.1. The number of hydrogen-bond acceptors (Lipinski definition) is 3. The van der Waals surface area contributed by atoms with Crippen LogP contribution in [-0.4, -0.2) is 36.4 Å². The van der Waals surface area contributed by atoms with Crippen molar-refractivity contribution in [3.63, 3.8) is 0 Å². The van der Waals surface area contributed by atoms with E-state index in [2.05, 4.69) is 11.4 Å². The molecule has 0 fully saturated rings. The number of nitrogens with one attached hydrogen (secondary N) is 1. The van der Waals surface area contributed by atoms with Crippen LogP contribution in [0.4, 0.5) is 4.39 Å². The average molecular weight is 400 g/mol. The minimum Gasteiger partial charge on any atom is -0.483 e. The fraction of sp³-hybridized carbons (Fsp3) is 0.391. The van der Waals surface area contributed by atoms with Gasteiger partial charge in [-0.15, -0.1) is 0 Å². The third kappa shape index (κ3) is 5.79. The average Bonchev–Trinajstić information content (AvgIpc) is 2.70. The highest BCUT2D eigenvalue weighted by Crippen LogP contribution is 2.23. The lowest BCUT2D eigenvalue weighted by molar-refractivity contribution is -0.142. The lowest BCUT2D eigenvalue weighted by atomic mass is 10.1. The number of benzene rings is 2. The predicted molar refractivity (Wildman–Crippen MR) is 111 cm³/mol. The van der Waals surface area contributed by atoms with Crippen LogP contribution in [0.3, 0.4) is 0 Å². The molecule has 0 aromatic heterocycles. The van der Waals surface area contributed by atoms with Gasteiger partial charge >= 0.3 is 0 Å². The second-order valence-electron chi connectivity index (χ2n) is 7.18. The van der Waals surface area contributed by atoms with Gasteiger partial charge in [-0.3, -0.25) is 9.59 Å². The molecule has 1 N–H and O–H groups in total. The number of halogens is 1. The van der Waals surface area contributed by atoms with Crippen LogP contribution in [0.15, 0.2) is 36.4 Å². The van der Waals surface area contributed by atoms with Crippen molar-refractivity contribution in [3.05, 3.63) is 64.5 Å². The molecule has 5 nitrogen and oxygen atoms in total. The molecule has 6 heteroatoms. The smallest absolute Gasteiger partial charge is 0.261 e. The second-order valence-corrected chi connectivity index (χ2v) is 7.18. The van der Waals surface area contributed by atoms with E-state index in [1.165, 1.54) is 17.0 Å². The van der Waals surface area contributed by atoms with Gasteiger partial charge in [-0.05, 0) is 67.6 Å². The third-order valence-corrected chi connectivity index (χ3v) is 5.01. The molecule has 0 aliphatic heterocycles. The fourth-order valence-corrected chi connectivity index (χ4v) is 3.25. The number of carbonyl (C=O) groups excluding carboxylic acids is 2. The quantitative estimate of drug-likeness (QED) is 0.735. The van der Waals surface area contributed by atoms with E-state index in [0.717, 1.165) is 22.3 Å². The van der Waals surface area contributed by atoms with Gasteiger partial charge in [0.05, 0.1) is 0 Å². The molecule has 0 spiro atoms. The number of ether oxygens (including phenoxy) is 1. The predicted octanol–water partition coefficient (Wildman–Crippen LogP) is 3.68. The molecule has 0 aliphatic rings. The van der Waals surface area contributed by atoms with Gasteiger partial charge < -0.3 is 15.0 Å². The monoisotopic (exact) mass is 400 g/mol. The number of likely N-dealkylation sites (N-methyl/N-ethyl adjacent to an activating group) is 1. The van der Waals surface area contributed by atoms with E-state index in [0.29, 0.717) is 12.2 Å². The van der Waals surface area contributed by atoms with Crippen LogP contribution in [0.5, 0.6) is 5.75 Å². The van der Waals surface area contributed by atoms with E-state index in [4.69, 9.17) is 4.74 Å². The summed E-state index contributed by atoms with van der Waals surface area (Å²) in [6.45, 7) is 7.78. The van der Waals surface area contributed by atoms with Gasteiger partial charge in [0.15, 0.2) is 6.61 Å². The molecule has 2 amide bonds. The summed E-state index contributed by atoms with van der Waals surface area (Å²) in [5.41, 5.74) is 3.86. The Morgan fingerprint density at radius 3 is 2.38 bits per heavy atom. The van der Waals surface area contributed by atoms with Gasteiger partial charge in [0.25, 0.3) is 5.91 Å². The zero-order chi connectivity index (χ0) is 21.6. The molecule has 156 valence electrons. The molecule has 2 rings (SSSR count). The van der Waals surface area contributed by atoms with Crippen LogP contribution >= 0.6 is 0 Å². The van der Waals surface area contributed by atoms with Crippen LogP contribution in [-0.2, 0) is 16.1 Å². The summed E-state index contributed by atoms with van der Waals surface area (Å²) < 4.78 is 19.1. The van der Waals surface area contributed by atoms with Crippen LogP contribution in [0.25, 0.3) is 0 Å². The van der Waals surface area contributed by atoms with Crippen molar-refractivity contribution in [1.29, 1.82) is 0 Å². The van der Waals surface area contributed by atoms with E-state index >= 15 is 0 Å². The maximum Gasteiger partial charge on any atom is 0.261 e. The van der Waals surface area contributed by atoms with Crippen molar-refractivity contribution < 1.29 is 18.7 Å². The van der Waals surface area contributed by atoms with Crippen molar-refractivity contribution in [1.82, 2.24) is 10.2 Å². The fourth-order valence-electron chi connectivity index (χ4n) is 3.25. The first-order valence-corrected chi connectivity index (χ1v) is 9.73. The normalized spacial score (nSPS) is 11.7. The van der Waals surface area contributed by atoms with E-state index < -0.39 is 6.04 Å². The Kier molecular flexibility index (Phi) is 7.76. The molecule has 0 radical (unpaired) electrons. The minimum absolute atomic E-state index is 0.182. The Morgan fingerprint density at radius 1 is 1.14 bits per heavy atom. The van der Waals surface area contributed by atoms with Crippen molar-refractivity contribution >= 4 is 11.8 Å². The molecule has 0 heterocycles. The molecule has 2 aromatic carbocycles. The molecule has 0 saturated carbocycles. The molecule has 0 saturated heterocycles. The number of aryl methyl sites for hydroxylation is 2. The van der Waals surface area contributed by atoms with Crippen LogP contribution in [0.2, 0.25) is 0 Å². The van der Waals surface area contributed by atoms with E-state index in [1.54, 1.807) is 19.2 Å². The Labute approximate surface area is 171 Å². The first kappa shape index (κ1) is 22.4. The summed E-state index contributed by atoms with van der Waals surface area (Å²) in [7, 11) is 1.54. The molecule has 0 aliphatic carbocycles. The molecule has 29 heavy (non-hydrogen) atoms. The van der Waals surface area contributed by atoms with E-state index in [9.17, 15) is 14.0 Å². The maximum atomic E-state index is 13.2. The molecular formula is C23H29FN2O3. The minimum atomic E-state index is -0.638. The van der Waals surface area contributed by atoms with Gasteiger partial charge in [-0.1, -0.05) is 25.1 Å². The summed E-state index contributed by atoms with van der Waals surface area (Å²) in [5, 5.41) is 2.61. The molecule has 0 unspecified atom stereocenters. The lowest BCUT2D eigenvalue weighted by Gasteiger charge is -2.30. The Bertz CT molecular complexity index is 865. The van der Waals surface area contributed by atoms with Gasteiger partial charge in [-0.2, -0.15) is 0 Å². The molecular weight excluding hydrogens is 371 g/mol. The number of nitrogens with zero attached hydrogens (tertiary/aromatic N) is 1. The number of amides is 2. The highest BCUT2D eigenvalue weighted by molar-refractivity contribution is 5.88. The lowest BCUT2D eigenvalue weighted by Crippen LogP contribution is -2.49. The van der Waals surface area contributed by atoms with Crippen molar-refractivity contribution in [3.8, 4) is 5.75 Å².